The maximum atomic E-state index is 13.4. The van der Waals surface area contributed by atoms with E-state index >= 15 is 0 Å². The Morgan fingerprint density at radius 2 is 1.78 bits per heavy atom. The largest absolute Gasteiger partial charge is 0.497 e. The molecular weight excluding hydrogens is 460 g/mol. The van der Waals surface area contributed by atoms with Gasteiger partial charge in [-0.3, -0.25) is 13.9 Å². The number of rotatable bonds is 6. The van der Waals surface area contributed by atoms with Crippen LogP contribution in [0, 0.1) is 6.92 Å². The molecule has 0 atom stereocenters. The van der Waals surface area contributed by atoms with Gasteiger partial charge in [-0.1, -0.05) is 5.16 Å². The normalized spacial score (nSPS) is 14.1. The number of carbonyl (C=O) groups is 1. The molecule has 0 spiro atoms. The highest BCUT2D eigenvalue weighted by Gasteiger charge is 2.24. The number of nitrogens with zero attached hydrogens (tertiary/aromatic N) is 6. The van der Waals surface area contributed by atoms with Crippen LogP contribution in [0.5, 0.6) is 5.75 Å². The summed E-state index contributed by atoms with van der Waals surface area (Å²) in [7, 11) is 1.65. The highest BCUT2D eigenvalue weighted by atomic mass is 16.5. The van der Waals surface area contributed by atoms with Crippen LogP contribution in [-0.2, 0) is 11.3 Å². The molecule has 1 amide bonds. The molecule has 2 aromatic heterocycles. The molecule has 0 aliphatic carbocycles. The highest BCUT2D eigenvalue weighted by molar-refractivity contribution is 5.84. The zero-order chi connectivity index (χ0) is 25.4. The number of imidazole rings is 1. The summed E-state index contributed by atoms with van der Waals surface area (Å²) in [4.78, 5) is 35.1. The summed E-state index contributed by atoms with van der Waals surface area (Å²) in [6.45, 7) is 8.26. The van der Waals surface area contributed by atoms with Gasteiger partial charge in [0.15, 0.2) is 0 Å². The highest BCUT2D eigenvalue weighted by Crippen LogP contribution is 2.25. The first kappa shape index (κ1) is 23.7. The monoisotopic (exact) mass is 490 g/mol. The van der Waals surface area contributed by atoms with Crippen molar-refractivity contribution in [2.45, 2.75) is 33.4 Å². The summed E-state index contributed by atoms with van der Waals surface area (Å²) in [5, 5.41) is 4.00. The molecule has 5 rings (SSSR count). The van der Waals surface area contributed by atoms with Crippen molar-refractivity contribution in [1.82, 2.24) is 24.2 Å². The summed E-state index contributed by atoms with van der Waals surface area (Å²) in [6.07, 6.45) is 0. The molecule has 188 valence electrons. The second kappa shape index (κ2) is 9.52. The van der Waals surface area contributed by atoms with Crippen molar-refractivity contribution in [3.63, 3.8) is 0 Å². The number of anilines is 1. The minimum atomic E-state index is -0.202. The molecular formula is C26H30N6O4. The first-order valence-electron chi connectivity index (χ1n) is 12.1. The molecule has 0 radical (unpaired) electrons. The summed E-state index contributed by atoms with van der Waals surface area (Å²) < 4.78 is 13.6. The van der Waals surface area contributed by atoms with E-state index in [0.717, 1.165) is 35.6 Å². The molecule has 10 nitrogen and oxygen atoms in total. The maximum Gasteiger partial charge on any atom is 0.329 e. The summed E-state index contributed by atoms with van der Waals surface area (Å²) in [6, 6.07) is 13.5. The molecule has 1 fully saturated rings. The summed E-state index contributed by atoms with van der Waals surface area (Å²) >= 11 is 0. The first-order valence-corrected chi connectivity index (χ1v) is 12.1. The average Bonchev–Trinajstić information content (AvgIpc) is 3.44. The van der Waals surface area contributed by atoms with Gasteiger partial charge >= 0.3 is 5.69 Å². The van der Waals surface area contributed by atoms with E-state index in [4.69, 9.17) is 9.26 Å². The number of hydrogen-bond donors (Lipinski definition) is 0. The lowest BCUT2D eigenvalue weighted by Crippen LogP contribution is -2.50. The molecule has 0 bridgehead atoms. The van der Waals surface area contributed by atoms with E-state index in [-0.39, 0.29) is 24.2 Å². The van der Waals surface area contributed by atoms with Crippen LogP contribution in [0.4, 0.5) is 5.69 Å². The zero-order valence-corrected chi connectivity index (χ0v) is 21.0. The van der Waals surface area contributed by atoms with Gasteiger partial charge in [-0.05, 0) is 56.3 Å². The Labute approximate surface area is 208 Å². The molecule has 0 N–H and O–H groups in total. The number of aryl methyl sites for hydroxylation is 1. The molecule has 0 unspecified atom stereocenters. The van der Waals surface area contributed by atoms with E-state index < -0.39 is 0 Å². The fraction of sp³-hybridized carbons (Fsp3) is 0.385. The van der Waals surface area contributed by atoms with Crippen molar-refractivity contribution in [2.75, 3.05) is 38.2 Å². The predicted molar refractivity (Wildman–Crippen MR) is 136 cm³/mol. The Hall–Kier alpha value is -4.08. The first-order chi connectivity index (χ1) is 17.4. The van der Waals surface area contributed by atoms with Crippen LogP contribution < -0.4 is 15.3 Å². The lowest BCUT2D eigenvalue weighted by molar-refractivity contribution is -0.132. The average molecular weight is 491 g/mol. The number of amides is 1. The van der Waals surface area contributed by atoms with Crippen LogP contribution >= 0.6 is 0 Å². The molecule has 36 heavy (non-hydrogen) atoms. The number of aromatic nitrogens is 4. The Kier molecular flexibility index (Phi) is 6.26. The molecule has 2 aromatic carbocycles. The topological polar surface area (TPSA) is 98.6 Å². The molecule has 4 aromatic rings. The maximum absolute atomic E-state index is 13.4. The number of hydrogen-bond acceptors (Lipinski definition) is 7. The van der Waals surface area contributed by atoms with Crippen molar-refractivity contribution in [1.29, 1.82) is 0 Å². The predicted octanol–water partition coefficient (Wildman–Crippen LogP) is 3.10. The number of carbonyl (C=O) groups excluding carboxylic acids is 1. The molecule has 1 aliphatic rings. The fourth-order valence-corrected chi connectivity index (χ4v) is 4.73. The van der Waals surface area contributed by atoms with E-state index in [2.05, 4.69) is 15.0 Å². The molecule has 10 heteroatoms. The Morgan fingerprint density at radius 3 is 2.39 bits per heavy atom. The lowest BCUT2D eigenvalue weighted by Gasteiger charge is -2.36. The number of methoxy groups -OCH3 is 1. The Bertz CT molecular complexity index is 1440. The third kappa shape index (κ3) is 4.34. The van der Waals surface area contributed by atoms with Crippen molar-refractivity contribution < 1.29 is 14.1 Å². The summed E-state index contributed by atoms with van der Waals surface area (Å²) in [5.41, 5.74) is 3.08. The lowest BCUT2D eigenvalue weighted by atomic mass is 10.2. The van der Waals surface area contributed by atoms with Crippen molar-refractivity contribution >= 4 is 22.6 Å². The van der Waals surface area contributed by atoms with Gasteiger partial charge in [0, 0.05) is 50.4 Å². The van der Waals surface area contributed by atoms with Crippen LogP contribution in [0.2, 0.25) is 0 Å². The van der Waals surface area contributed by atoms with Crippen molar-refractivity contribution in [3.05, 3.63) is 58.8 Å². The molecule has 1 saturated heterocycles. The second-order valence-electron chi connectivity index (χ2n) is 9.24. The van der Waals surface area contributed by atoms with Crippen LogP contribution in [0.3, 0.4) is 0 Å². The van der Waals surface area contributed by atoms with Crippen LogP contribution in [0.15, 0.2) is 51.8 Å². The minimum absolute atomic E-state index is 0.0215. The third-order valence-corrected chi connectivity index (χ3v) is 6.63. The van der Waals surface area contributed by atoms with Crippen LogP contribution in [-0.4, -0.2) is 63.4 Å². The molecule has 0 saturated carbocycles. The van der Waals surface area contributed by atoms with E-state index in [1.54, 1.807) is 23.2 Å². The molecule has 1 aliphatic heterocycles. The van der Waals surface area contributed by atoms with Gasteiger partial charge in [-0.25, -0.2) is 4.79 Å². The zero-order valence-electron chi connectivity index (χ0n) is 21.0. The van der Waals surface area contributed by atoms with E-state index in [1.807, 2.05) is 61.2 Å². The standard InChI is InChI=1S/C26H30N6O4/c1-17(2)32-22-10-5-19(25-27-18(3)36-28-25)15-23(22)31(26(32)34)16-24(33)30-13-11-29(12-14-30)20-6-8-21(35-4)9-7-20/h5-10,15,17H,11-14,16H2,1-4H3. The van der Waals surface area contributed by atoms with Crippen molar-refractivity contribution in [2.24, 2.45) is 0 Å². The van der Waals surface area contributed by atoms with Gasteiger partial charge in [0.25, 0.3) is 0 Å². The number of ether oxygens (including phenoxy) is 1. The van der Waals surface area contributed by atoms with E-state index in [0.29, 0.717) is 30.3 Å². The van der Waals surface area contributed by atoms with Crippen molar-refractivity contribution in [3.8, 4) is 17.1 Å². The van der Waals surface area contributed by atoms with E-state index in [9.17, 15) is 9.59 Å². The summed E-state index contributed by atoms with van der Waals surface area (Å²) in [5.74, 6) is 1.66. The second-order valence-corrected chi connectivity index (χ2v) is 9.24. The molecule has 3 heterocycles. The van der Waals surface area contributed by atoms with Gasteiger partial charge in [0.1, 0.15) is 12.3 Å². The van der Waals surface area contributed by atoms with E-state index in [1.165, 1.54) is 0 Å². The Balaban J connectivity index is 1.37. The van der Waals surface area contributed by atoms with Gasteiger partial charge in [-0.15, -0.1) is 0 Å². The van der Waals surface area contributed by atoms with Gasteiger partial charge in [-0.2, -0.15) is 4.98 Å². The number of piperazine rings is 1. The number of fused-ring (bicyclic) bond motifs is 1. The van der Waals surface area contributed by atoms with Crippen LogP contribution in [0.1, 0.15) is 25.8 Å². The number of benzene rings is 2. The van der Waals surface area contributed by atoms with Crippen LogP contribution in [0.25, 0.3) is 22.4 Å². The van der Waals surface area contributed by atoms with Gasteiger partial charge < -0.3 is 19.1 Å². The quantitative estimate of drug-likeness (QED) is 0.410. The smallest absolute Gasteiger partial charge is 0.329 e. The third-order valence-electron chi connectivity index (χ3n) is 6.63. The van der Waals surface area contributed by atoms with Gasteiger partial charge in [0.2, 0.25) is 17.6 Å². The minimum Gasteiger partial charge on any atom is -0.497 e. The SMILES string of the molecule is COc1ccc(N2CCN(C(=O)Cn3c(=O)n(C(C)C)c4ccc(-c5noc(C)n5)cc43)CC2)cc1. The fourth-order valence-electron chi connectivity index (χ4n) is 4.73. The Morgan fingerprint density at radius 1 is 1.06 bits per heavy atom. The van der Waals surface area contributed by atoms with Gasteiger partial charge in [0.05, 0.1) is 18.1 Å².